The molecule has 2 rings (SSSR count). The van der Waals surface area contributed by atoms with E-state index in [0.29, 0.717) is 12.1 Å². The zero-order valence-corrected chi connectivity index (χ0v) is 10.4. The van der Waals surface area contributed by atoms with Crippen molar-refractivity contribution < 1.29 is 8.42 Å². The minimum absolute atomic E-state index is 0.201. The Hall–Kier alpha value is -0.130. The molecule has 5 heteroatoms. The molecule has 0 radical (unpaired) electrons. The summed E-state index contributed by atoms with van der Waals surface area (Å²) in [6.07, 6.45) is 4.36. The first-order valence-corrected chi connectivity index (χ1v) is 7.49. The molecule has 15 heavy (non-hydrogen) atoms. The van der Waals surface area contributed by atoms with Gasteiger partial charge in [-0.3, -0.25) is 0 Å². The van der Waals surface area contributed by atoms with Gasteiger partial charge in [-0.15, -0.1) is 0 Å². The number of fused-ring (bicyclic) bond motifs is 2. The summed E-state index contributed by atoms with van der Waals surface area (Å²) in [5.74, 6) is 0. The highest BCUT2D eigenvalue weighted by Gasteiger charge is 2.50. The van der Waals surface area contributed by atoms with Gasteiger partial charge in [-0.1, -0.05) is 13.8 Å². The maximum atomic E-state index is 11.6. The second-order valence-electron chi connectivity index (χ2n) is 5.05. The molecule has 2 aliphatic heterocycles. The maximum Gasteiger partial charge on any atom is 0.211 e. The van der Waals surface area contributed by atoms with E-state index >= 15 is 0 Å². The van der Waals surface area contributed by atoms with E-state index in [9.17, 15) is 8.42 Å². The van der Waals surface area contributed by atoms with Gasteiger partial charge in [-0.05, 0) is 19.3 Å². The molecular formula is C10H20N2O2S. The Labute approximate surface area is 92.1 Å². The molecule has 0 spiro atoms. The quantitative estimate of drug-likeness (QED) is 0.773. The average molecular weight is 232 g/mol. The largest absolute Gasteiger partial charge is 0.310 e. The summed E-state index contributed by atoms with van der Waals surface area (Å²) in [4.78, 5) is 0. The molecular weight excluding hydrogens is 212 g/mol. The third kappa shape index (κ3) is 2.05. The van der Waals surface area contributed by atoms with Crippen molar-refractivity contribution in [1.29, 1.82) is 0 Å². The highest BCUT2D eigenvalue weighted by molar-refractivity contribution is 7.88. The highest BCUT2D eigenvalue weighted by Crippen LogP contribution is 2.39. The van der Waals surface area contributed by atoms with Crippen LogP contribution in [0.2, 0.25) is 0 Å². The Morgan fingerprint density at radius 3 is 2.47 bits per heavy atom. The molecule has 0 aromatic heterocycles. The van der Waals surface area contributed by atoms with E-state index in [1.54, 1.807) is 4.31 Å². The van der Waals surface area contributed by atoms with Crippen LogP contribution in [0.25, 0.3) is 0 Å². The van der Waals surface area contributed by atoms with Gasteiger partial charge in [0.1, 0.15) is 0 Å². The second kappa shape index (κ2) is 3.71. The Bertz CT molecular complexity index is 339. The fourth-order valence-electron chi connectivity index (χ4n) is 3.06. The Balaban J connectivity index is 2.13. The summed E-state index contributed by atoms with van der Waals surface area (Å²) in [6.45, 7) is 4.22. The Kier molecular flexibility index (Phi) is 2.81. The number of nitrogens with one attached hydrogen (secondary N) is 1. The van der Waals surface area contributed by atoms with Gasteiger partial charge in [-0.25, -0.2) is 8.42 Å². The lowest BCUT2D eigenvalue weighted by Gasteiger charge is -2.25. The maximum absolute atomic E-state index is 11.6. The van der Waals surface area contributed by atoms with Crippen LogP contribution in [0.5, 0.6) is 0 Å². The molecule has 1 N–H and O–H groups in total. The average Bonchev–Trinajstić information content (AvgIpc) is 2.57. The molecule has 2 bridgehead atoms. The summed E-state index contributed by atoms with van der Waals surface area (Å²) in [5.41, 5.74) is 0. The predicted octanol–water partition coefficient (Wildman–Crippen LogP) is 0.549. The van der Waals surface area contributed by atoms with E-state index in [-0.39, 0.29) is 12.1 Å². The topological polar surface area (TPSA) is 49.4 Å². The number of rotatable bonds is 3. The van der Waals surface area contributed by atoms with Crippen molar-refractivity contribution in [3.63, 3.8) is 0 Å². The Morgan fingerprint density at radius 2 is 2.00 bits per heavy atom. The van der Waals surface area contributed by atoms with Crippen molar-refractivity contribution >= 4 is 10.0 Å². The van der Waals surface area contributed by atoms with Gasteiger partial charge in [0, 0.05) is 24.2 Å². The number of hydrogen-bond donors (Lipinski definition) is 1. The van der Waals surface area contributed by atoms with Crippen LogP contribution in [0.1, 0.15) is 33.1 Å². The van der Waals surface area contributed by atoms with Crippen molar-refractivity contribution in [3.8, 4) is 0 Å². The zero-order chi connectivity index (χ0) is 11.2. The molecule has 3 atom stereocenters. The lowest BCUT2D eigenvalue weighted by atomic mass is 9.95. The van der Waals surface area contributed by atoms with Crippen LogP contribution in [-0.2, 0) is 10.0 Å². The van der Waals surface area contributed by atoms with Crippen LogP contribution < -0.4 is 5.32 Å². The van der Waals surface area contributed by atoms with Crippen molar-refractivity contribution in [3.05, 3.63) is 0 Å². The van der Waals surface area contributed by atoms with Crippen LogP contribution in [0.4, 0.5) is 0 Å². The van der Waals surface area contributed by atoms with Crippen molar-refractivity contribution in [2.24, 2.45) is 0 Å². The number of nitrogens with zero attached hydrogens (tertiary/aromatic N) is 1. The molecule has 2 fully saturated rings. The molecule has 0 aromatic rings. The summed E-state index contributed by atoms with van der Waals surface area (Å²) < 4.78 is 25.0. The van der Waals surface area contributed by atoms with Gasteiger partial charge >= 0.3 is 0 Å². The van der Waals surface area contributed by atoms with Crippen molar-refractivity contribution in [1.82, 2.24) is 9.62 Å². The van der Waals surface area contributed by atoms with Gasteiger partial charge in [0.2, 0.25) is 10.0 Å². The third-order valence-electron chi connectivity index (χ3n) is 3.40. The lowest BCUT2D eigenvalue weighted by molar-refractivity contribution is 0.353. The van der Waals surface area contributed by atoms with Crippen LogP contribution in [-0.4, -0.2) is 43.1 Å². The SMILES string of the molecule is CC(C)NC1CC2CCC1N2S(C)(=O)=O. The van der Waals surface area contributed by atoms with Gasteiger partial charge in [-0.2, -0.15) is 4.31 Å². The summed E-state index contributed by atoms with van der Waals surface area (Å²) in [6, 6.07) is 1.24. The first kappa shape index (κ1) is 11.4. The molecule has 4 nitrogen and oxygen atoms in total. The van der Waals surface area contributed by atoms with Crippen LogP contribution >= 0.6 is 0 Å². The van der Waals surface area contributed by atoms with Crippen LogP contribution in [0.3, 0.4) is 0 Å². The third-order valence-corrected chi connectivity index (χ3v) is 4.74. The number of sulfonamides is 1. The molecule has 0 aliphatic carbocycles. The fraction of sp³-hybridized carbons (Fsp3) is 1.00. The summed E-state index contributed by atoms with van der Waals surface area (Å²) in [7, 11) is -3.01. The monoisotopic (exact) mass is 232 g/mol. The summed E-state index contributed by atoms with van der Waals surface area (Å²) >= 11 is 0. The zero-order valence-electron chi connectivity index (χ0n) is 9.60. The first-order chi connectivity index (χ1) is 6.89. The molecule has 2 aliphatic rings. The van der Waals surface area contributed by atoms with E-state index in [1.165, 1.54) is 6.26 Å². The molecule has 0 saturated carbocycles. The van der Waals surface area contributed by atoms with Crippen molar-refractivity contribution in [2.45, 2.75) is 57.3 Å². The van der Waals surface area contributed by atoms with Crippen molar-refractivity contribution in [2.75, 3.05) is 6.26 Å². The fourth-order valence-corrected chi connectivity index (χ4v) is 4.54. The minimum atomic E-state index is -3.01. The molecule has 2 saturated heterocycles. The van der Waals surface area contributed by atoms with Gasteiger partial charge in [0.25, 0.3) is 0 Å². The molecule has 88 valence electrons. The van der Waals surface area contributed by atoms with Gasteiger partial charge in [0.15, 0.2) is 0 Å². The predicted molar refractivity (Wildman–Crippen MR) is 60.2 cm³/mol. The van der Waals surface area contributed by atoms with E-state index in [0.717, 1.165) is 19.3 Å². The Morgan fingerprint density at radius 1 is 1.33 bits per heavy atom. The lowest BCUT2D eigenvalue weighted by Crippen LogP contribution is -2.45. The standard InChI is InChI=1S/C10H20N2O2S/c1-7(2)11-9-6-8-4-5-10(9)12(8)15(3,13)14/h7-11H,4-6H2,1-3H3. The summed E-state index contributed by atoms with van der Waals surface area (Å²) in [5, 5.41) is 3.47. The van der Waals surface area contributed by atoms with E-state index in [1.807, 2.05) is 0 Å². The van der Waals surface area contributed by atoms with Crippen LogP contribution in [0, 0.1) is 0 Å². The van der Waals surface area contributed by atoms with Crippen LogP contribution in [0.15, 0.2) is 0 Å². The highest BCUT2D eigenvalue weighted by atomic mass is 32.2. The molecule has 0 aromatic carbocycles. The van der Waals surface area contributed by atoms with Gasteiger partial charge < -0.3 is 5.32 Å². The minimum Gasteiger partial charge on any atom is -0.310 e. The first-order valence-electron chi connectivity index (χ1n) is 5.64. The normalized spacial score (nSPS) is 36.7. The molecule has 2 heterocycles. The van der Waals surface area contributed by atoms with E-state index in [2.05, 4.69) is 19.2 Å². The van der Waals surface area contributed by atoms with Gasteiger partial charge in [0.05, 0.1) is 6.26 Å². The number of hydrogen-bond acceptors (Lipinski definition) is 3. The second-order valence-corrected chi connectivity index (χ2v) is 6.94. The smallest absolute Gasteiger partial charge is 0.211 e. The molecule has 3 unspecified atom stereocenters. The molecule has 0 amide bonds. The van der Waals surface area contributed by atoms with E-state index < -0.39 is 10.0 Å². The van der Waals surface area contributed by atoms with E-state index in [4.69, 9.17) is 0 Å².